The summed E-state index contributed by atoms with van der Waals surface area (Å²) in [5, 5.41) is 2.77. The van der Waals surface area contributed by atoms with E-state index in [9.17, 15) is 4.79 Å². The predicted octanol–water partition coefficient (Wildman–Crippen LogP) is 2.26. The molecule has 1 unspecified atom stereocenters. The molecule has 2 fully saturated rings. The Hall–Kier alpha value is -2.60. The fourth-order valence-corrected chi connectivity index (χ4v) is 4.47. The number of para-hydroxylation sites is 2. The van der Waals surface area contributed by atoms with Gasteiger partial charge in [0.05, 0.1) is 17.6 Å². The Morgan fingerprint density at radius 2 is 2.00 bits per heavy atom. The molecular formula is C20H22N4O2. The Kier molecular flexibility index (Phi) is 3.43. The quantitative estimate of drug-likeness (QED) is 0.784. The van der Waals surface area contributed by atoms with Crippen molar-refractivity contribution in [1.82, 2.24) is 19.8 Å². The molecule has 1 N–H and O–H groups in total. The van der Waals surface area contributed by atoms with Gasteiger partial charge in [-0.3, -0.25) is 9.69 Å². The van der Waals surface area contributed by atoms with E-state index in [0.717, 1.165) is 48.0 Å². The van der Waals surface area contributed by atoms with Gasteiger partial charge in [0, 0.05) is 33.1 Å². The number of nitrogens with one attached hydrogen (secondary N) is 1. The second-order valence-electron chi connectivity index (χ2n) is 7.41. The van der Waals surface area contributed by atoms with Gasteiger partial charge < -0.3 is 14.3 Å². The molecule has 1 aliphatic carbocycles. The third-order valence-corrected chi connectivity index (χ3v) is 5.87. The molecule has 2 aliphatic rings. The minimum Gasteiger partial charge on any atom is -0.456 e. The van der Waals surface area contributed by atoms with Gasteiger partial charge in [0.1, 0.15) is 5.76 Å². The van der Waals surface area contributed by atoms with Gasteiger partial charge in [-0.15, -0.1) is 0 Å². The van der Waals surface area contributed by atoms with Crippen molar-refractivity contribution in [1.29, 1.82) is 0 Å². The first-order valence-corrected chi connectivity index (χ1v) is 9.10. The molecule has 5 rings (SSSR count). The molecule has 2 aromatic heterocycles. The van der Waals surface area contributed by atoms with Crippen molar-refractivity contribution >= 4 is 16.9 Å². The molecular weight excluding hydrogens is 328 g/mol. The largest absolute Gasteiger partial charge is 0.456 e. The summed E-state index contributed by atoms with van der Waals surface area (Å²) in [6.45, 7) is 2.74. The zero-order valence-corrected chi connectivity index (χ0v) is 15.0. The predicted molar refractivity (Wildman–Crippen MR) is 98.2 cm³/mol. The highest BCUT2D eigenvalue weighted by molar-refractivity contribution is 5.82. The van der Waals surface area contributed by atoms with Crippen molar-refractivity contribution < 1.29 is 9.21 Å². The SMILES string of the molecule is CNC(=O)C1[C@H]2CN(Cc3ccc(-c4nc5ccccc5n4C)o3)C[C@@H]12. The number of furan rings is 1. The van der Waals surface area contributed by atoms with Crippen molar-refractivity contribution in [2.75, 3.05) is 20.1 Å². The number of aryl methyl sites for hydroxylation is 1. The molecule has 6 nitrogen and oxygen atoms in total. The number of nitrogens with zero attached hydrogens (tertiary/aromatic N) is 3. The second-order valence-corrected chi connectivity index (χ2v) is 7.41. The Labute approximate surface area is 151 Å². The highest BCUT2D eigenvalue weighted by atomic mass is 16.3. The summed E-state index contributed by atoms with van der Waals surface area (Å²) in [7, 11) is 3.74. The van der Waals surface area contributed by atoms with E-state index in [0.29, 0.717) is 11.8 Å². The first-order valence-electron chi connectivity index (χ1n) is 9.10. The van der Waals surface area contributed by atoms with Crippen molar-refractivity contribution in [3.63, 3.8) is 0 Å². The van der Waals surface area contributed by atoms with E-state index in [2.05, 4.69) is 20.9 Å². The number of rotatable bonds is 4. The summed E-state index contributed by atoms with van der Waals surface area (Å²) in [4.78, 5) is 18.8. The maximum absolute atomic E-state index is 11.8. The lowest BCUT2D eigenvalue weighted by molar-refractivity contribution is -0.122. The van der Waals surface area contributed by atoms with Crippen LogP contribution in [0.4, 0.5) is 0 Å². The number of fused-ring (bicyclic) bond motifs is 2. The number of carbonyl (C=O) groups excluding carboxylic acids is 1. The summed E-state index contributed by atoms with van der Waals surface area (Å²) >= 11 is 0. The molecule has 3 heterocycles. The number of imidazole rings is 1. The lowest BCUT2D eigenvalue weighted by Crippen LogP contribution is -2.29. The van der Waals surface area contributed by atoms with Crippen LogP contribution < -0.4 is 5.32 Å². The van der Waals surface area contributed by atoms with E-state index in [4.69, 9.17) is 9.40 Å². The van der Waals surface area contributed by atoms with Crippen LogP contribution in [-0.4, -0.2) is 40.5 Å². The molecule has 3 aromatic rings. The van der Waals surface area contributed by atoms with Crippen molar-refractivity contribution in [2.45, 2.75) is 6.54 Å². The van der Waals surface area contributed by atoms with E-state index in [1.54, 1.807) is 7.05 Å². The molecule has 1 aromatic carbocycles. The zero-order chi connectivity index (χ0) is 17.8. The highest BCUT2D eigenvalue weighted by Gasteiger charge is 2.58. The lowest BCUT2D eigenvalue weighted by Gasteiger charge is -2.17. The molecule has 0 radical (unpaired) electrons. The van der Waals surface area contributed by atoms with Crippen molar-refractivity contribution in [2.24, 2.45) is 24.8 Å². The maximum atomic E-state index is 11.8. The van der Waals surface area contributed by atoms with Gasteiger partial charge in [-0.2, -0.15) is 0 Å². The average molecular weight is 350 g/mol. The van der Waals surface area contributed by atoms with Crippen LogP contribution in [0.5, 0.6) is 0 Å². The van der Waals surface area contributed by atoms with E-state index in [1.165, 1.54) is 0 Å². The molecule has 0 bridgehead atoms. The number of benzene rings is 1. The Balaban J connectivity index is 1.29. The first kappa shape index (κ1) is 15.6. The monoisotopic (exact) mass is 350 g/mol. The Morgan fingerprint density at radius 3 is 2.73 bits per heavy atom. The summed E-state index contributed by atoms with van der Waals surface area (Å²) in [5.74, 6) is 4.05. The molecule has 1 saturated heterocycles. The molecule has 3 atom stereocenters. The van der Waals surface area contributed by atoms with E-state index < -0.39 is 0 Å². The van der Waals surface area contributed by atoms with Gasteiger partial charge >= 0.3 is 0 Å². The fraction of sp³-hybridized carbons (Fsp3) is 0.400. The first-order chi connectivity index (χ1) is 12.7. The minimum atomic E-state index is 0.196. The average Bonchev–Trinajstić information content (AvgIpc) is 3.04. The molecule has 1 aliphatic heterocycles. The van der Waals surface area contributed by atoms with E-state index in [-0.39, 0.29) is 11.8 Å². The number of piperidine rings is 1. The maximum Gasteiger partial charge on any atom is 0.223 e. The number of carbonyl (C=O) groups is 1. The van der Waals surface area contributed by atoms with Gasteiger partial charge in [-0.05, 0) is 36.1 Å². The minimum absolute atomic E-state index is 0.196. The molecule has 1 saturated carbocycles. The number of aromatic nitrogens is 2. The Morgan fingerprint density at radius 1 is 1.23 bits per heavy atom. The topological polar surface area (TPSA) is 63.3 Å². The van der Waals surface area contributed by atoms with Crippen LogP contribution in [0.2, 0.25) is 0 Å². The van der Waals surface area contributed by atoms with Crippen LogP contribution in [0.25, 0.3) is 22.6 Å². The van der Waals surface area contributed by atoms with Crippen LogP contribution in [0.1, 0.15) is 5.76 Å². The van der Waals surface area contributed by atoms with E-state index in [1.807, 2.05) is 37.4 Å². The third-order valence-electron chi connectivity index (χ3n) is 5.87. The highest BCUT2D eigenvalue weighted by Crippen LogP contribution is 2.52. The summed E-state index contributed by atoms with van der Waals surface area (Å²) in [6, 6.07) is 12.1. The zero-order valence-electron chi connectivity index (χ0n) is 15.0. The summed E-state index contributed by atoms with van der Waals surface area (Å²) in [5.41, 5.74) is 2.07. The number of hydrogen-bond donors (Lipinski definition) is 1. The van der Waals surface area contributed by atoms with Crippen molar-refractivity contribution in [3.05, 3.63) is 42.2 Å². The normalized spacial score (nSPS) is 24.8. The summed E-state index contributed by atoms with van der Waals surface area (Å²) in [6.07, 6.45) is 0. The smallest absolute Gasteiger partial charge is 0.223 e. The molecule has 0 spiro atoms. The van der Waals surface area contributed by atoms with E-state index >= 15 is 0 Å². The van der Waals surface area contributed by atoms with Gasteiger partial charge in [-0.25, -0.2) is 4.98 Å². The van der Waals surface area contributed by atoms with Crippen LogP contribution >= 0.6 is 0 Å². The van der Waals surface area contributed by atoms with Crippen LogP contribution in [0.3, 0.4) is 0 Å². The van der Waals surface area contributed by atoms with Gasteiger partial charge in [-0.1, -0.05) is 12.1 Å². The van der Waals surface area contributed by atoms with Crippen LogP contribution in [0.15, 0.2) is 40.8 Å². The van der Waals surface area contributed by atoms with Gasteiger partial charge in [0.25, 0.3) is 0 Å². The Bertz CT molecular complexity index is 977. The standard InChI is InChI=1S/C20H22N4O2/c1-21-20(25)18-13-10-24(11-14(13)18)9-12-7-8-17(26-12)19-22-15-5-3-4-6-16(15)23(19)2/h3-8,13-14,18H,9-11H2,1-2H3,(H,21,25)/t13-,14+,18?. The van der Waals surface area contributed by atoms with Crippen molar-refractivity contribution in [3.8, 4) is 11.6 Å². The van der Waals surface area contributed by atoms with Gasteiger partial charge in [0.2, 0.25) is 5.91 Å². The third kappa shape index (κ3) is 2.36. The molecule has 134 valence electrons. The van der Waals surface area contributed by atoms with Crippen LogP contribution in [0, 0.1) is 17.8 Å². The summed E-state index contributed by atoms with van der Waals surface area (Å²) < 4.78 is 8.15. The molecule has 1 amide bonds. The number of likely N-dealkylation sites (tertiary alicyclic amines) is 1. The molecule has 26 heavy (non-hydrogen) atoms. The number of hydrogen-bond acceptors (Lipinski definition) is 4. The van der Waals surface area contributed by atoms with Crippen LogP contribution in [-0.2, 0) is 18.4 Å². The fourth-order valence-electron chi connectivity index (χ4n) is 4.47. The second kappa shape index (κ2) is 5.71. The lowest BCUT2D eigenvalue weighted by atomic mass is 10.2. The molecule has 6 heteroatoms. The van der Waals surface area contributed by atoms with Gasteiger partial charge in [0.15, 0.2) is 11.6 Å². The number of amides is 1.